The van der Waals surface area contributed by atoms with Gasteiger partial charge in [-0.05, 0) is 50.5 Å². The Morgan fingerprint density at radius 2 is 1.90 bits per heavy atom. The topological polar surface area (TPSA) is 53.9 Å². The van der Waals surface area contributed by atoms with Crippen molar-refractivity contribution in [3.05, 3.63) is 41.3 Å². The largest absolute Gasteiger partial charge is 0.357 e. The van der Waals surface area contributed by atoms with Gasteiger partial charge >= 0.3 is 0 Å². The first-order chi connectivity index (χ1) is 10.2. The summed E-state index contributed by atoms with van der Waals surface area (Å²) in [5.74, 6) is 1.77. The van der Waals surface area contributed by atoms with Gasteiger partial charge in [0.05, 0.1) is 0 Å². The van der Waals surface area contributed by atoms with Gasteiger partial charge in [0.15, 0.2) is 0 Å². The van der Waals surface area contributed by atoms with Gasteiger partial charge in [0, 0.05) is 37.2 Å². The van der Waals surface area contributed by atoms with Crippen LogP contribution < -0.4 is 10.2 Å². The molecule has 0 aliphatic carbocycles. The Bertz CT molecular complexity index is 620. The second-order valence-corrected chi connectivity index (χ2v) is 5.54. The van der Waals surface area contributed by atoms with E-state index in [2.05, 4.69) is 37.3 Å². The Hall–Kier alpha value is -2.17. The maximum absolute atomic E-state index is 4.65. The molecule has 5 heteroatoms. The van der Waals surface area contributed by atoms with Crippen LogP contribution in [0.25, 0.3) is 0 Å². The number of nitrogens with zero attached hydrogens (tertiary/aromatic N) is 4. The number of nitrogens with one attached hydrogen (secondary N) is 1. The molecule has 3 rings (SSSR count). The molecular weight excluding hydrogens is 262 g/mol. The van der Waals surface area contributed by atoms with Crippen molar-refractivity contribution < 1.29 is 0 Å². The number of pyridine rings is 1. The van der Waals surface area contributed by atoms with E-state index < -0.39 is 0 Å². The Morgan fingerprint density at radius 3 is 2.67 bits per heavy atom. The third kappa shape index (κ3) is 3.48. The van der Waals surface area contributed by atoms with E-state index in [1.807, 2.05) is 19.9 Å². The lowest BCUT2D eigenvalue weighted by molar-refractivity contribution is 0.920. The molecule has 110 valence electrons. The first-order valence-electron chi connectivity index (χ1n) is 7.47. The van der Waals surface area contributed by atoms with Crippen LogP contribution in [0.1, 0.15) is 29.8 Å². The SMILES string of the molecule is Cc1cc(CNc2nccc(C)n2)cc(N2CCCC2)n1. The average molecular weight is 283 g/mol. The molecular formula is C16H21N5. The molecule has 0 aromatic carbocycles. The molecule has 1 saturated heterocycles. The van der Waals surface area contributed by atoms with Gasteiger partial charge in [0.25, 0.3) is 0 Å². The van der Waals surface area contributed by atoms with Crippen molar-refractivity contribution in [3.63, 3.8) is 0 Å². The van der Waals surface area contributed by atoms with E-state index in [0.29, 0.717) is 12.5 Å². The first-order valence-corrected chi connectivity index (χ1v) is 7.47. The lowest BCUT2D eigenvalue weighted by Crippen LogP contribution is -2.19. The highest BCUT2D eigenvalue weighted by atomic mass is 15.2. The van der Waals surface area contributed by atoms with Gasteiger partial charge in [-0.2, -0.15) is 0 Å². The molecule has 0 saturated carbocycles. The van der Waals surface area contributed by atoms with E-state index >= 15 is 0 Å². The number of rotatable bonds is 4. The van der Waals surface area contributed by atoms with Crippen LogP contribution in [0.15, 0.2) is 24.4 Å². The molecule has 2 aromatic heterocycles. The Kier molecular flexibility index (Phi) is 3.99. The molecule has 1 aliphatic rings. The third-order valence-electron chi connectivity index (χ3n) is 3.68. The standard InChI is InChI=1S/C16H21N5/c1-12-5-6-17-16(20-12)18-11-14-9-13(2)19-15(10-14)21-7-3-4-8-21/h5-6,9-10H,3-4,7-8,11H2,1-2H3,(H,17,18,20). The van der Waals surface area contributed by atoms with Crippen molar-refractivity contribution in [1.82, 2.24) is 15.0 Å². The fourth-order valence-electron chi connectivity index (χ4n) is 2.65. The molecule has 0 unspecified atom stereocenters. The van der Waals surface area contributed by atoms with Crippen LogP contribution >= 0.6 is 0 Å². The molecule has 21 heavy (non-hydrogen) atoms. The lowest BCUT2D eigenvalue weighted by Gasteiger charge is -2.18. The van der Waals surface area contributed by atoms with Crippen LogP contribution in [0, 0.1) is 13.8 Å². The van der Waals surface area contributed by atoms with E-state index in [0.717, 1.165) is 30.3 Å². The highest BCUT2D eigenvalue weighted by Crippen LogP contribution is 2.20. The fraction of sp³-hybridized carbons (Fsp3) is 0.438. The molecule has 1 aliphatic heterocycles. The Labute approximate surface area is 125 Å². The van der Waals surface area contributed by atoms with Crippen LogP contribution in [0.2, 0.25) is 0 Å². The van der Waals surface area contributed by atoms with E-state index in [4.69, 9.17) is 0 Å². The predicted molar refractivity (Wildman–Crippen MR) is 84.5 cm³/mol. The quantitative estimate of drug-likeness (QED) is 0.935. The lowest BCUT2D eigenvalue weighted by atomic mass is 10.2. The van der Waals surface area contributed by atoms with Crippen LogP contribution in [0.4, 0.5) is 11.8 Å². The molecule has 3 heterocycles. The van der Waals surface area contributed by atoms with Gasteiger partial charge < -0.3 is 10.2 Å². The van der Waals surface area contributed by atoms with Crippen molar-refractivity contribution in [2.45, 2.75) is 33.2 Å². The summed E-state index contributed by atoms with van der Waals surface area (Å²) in [4.78, 5) is 15.6. The molecule has 0 radical (unpaired) electrons. The highest BCUT2D eigenvalue weighted by Gasteiger charge is 2.14. The first kappa shape index (κ1) is 13.8. The number of aryl methyl sites for hydroxylation is 2. The zero-order valence-corrected chi connectivity index (χ0v) is 12.6. The van der Waals surface area contributed by atoms with Gasteiger partial charge in [-0.25, -0.2) is 15.0 Å². The molecule has 0 amide bonds. The molecule has 5 nitrogen and oxygen atoms in total. The maximum atomic E-state index is 4.65. The van der Waals surface area contributed by atoms with E-state index in [9.17, 15) is 0 Å². The minimum absolute atomic E-state index is 0.673. The molecule has 0 atom stereocenters. The summed E-state index contributed by atoms with van der Waals surface area (Å²) in [5.41, 5.74) is 3.24. The van der Waals surface area contributed by atoms with Gasteiger partial charge in [-0.1, -0.05) is 0 Å². The van der Waals surface area contributed by atoms with Crippen molar-refractivity contribution >= 4 is 11.8 Å². The van der Waals surface area contributed by atoms with Crippen molar-refractivity contribution in [2.24, 2.45) is 0 Å². The summed E-state index contributed by atoms with van der Waals surface area (Å²) >= 11 is 0. The monoisotopic (exact) mass is 283 g/mol. The fourth-order valence-corrected chi connectivity index (χ4v) is 2.65. The van der Waals surface area contributed by atoms with E-state index in [1.165, 1.54) is 18.4 Å². The van der Waals surface area contributed by atoms with Crippen molar-refractivity contribution in [2.75, 3.05) is 23.3 Å². The minimum Gasteiger partial charge on any atom is -0.357 e. The Balaban J connectivity index is 1.72. The van der Waals surface area contributed by atoms with Gasteiger partial charge in [0.1, 0.15) is 5.82 Å². The van der Waals surface area contributed by atoms with Crippen molar-refractivity contribution in [1.29, 1.82) is 0 Å². The molecule has 1 fully saturated rings. The molecule has 0 spiro atoms. The van der Waals surface area contributed by atoms with Crippen LogP contribution in [0.3, 0.4) is 0 Å². The zero-order chi connectivity index (χ0) is 14.7. The Morgan fingerprint density at radius 1 is 1.10 bits per heavy atom. The van der Waals surface area contributed by atoms with Crippen LogP contribution in [-0.2, 0) is 6.54 Å². The summed E-state index contributed by atoms with van der Waals surface area (Å²) in [7, 11) is 0. The third-order valence-corrected chi connectivity index (χ3v) is 3.68. The second-order valence-electron chi connectivity index (χ2n) is 5.54. The number of hydrogen-bond donors (Lipinski definition) is 1. The minimum atomic E-state index is 0.673. The predicted octanol–water partition coefficient (Wildman–Crippen LogP) is 2.70. The average Bonchev–Trinajstić information content (AvgIpc) is 2.99. The van der Waals surface area contributed by atoms with Gasteiger partial charge in [-0.3, -0.25) is 0 Å². The summed E-state index contributed by atoms with van der Waals surface area (Å²) in [6.45, 7) is 6.96. The van der Waals surface area contributed by atoms with E-state index in [1.54, 1.807) is 6.20 Å². The highest BCUT2D eigenvalue weighted by molar-refractivity contribution is 5.44. The van der Waals surface area contributed by atoms with Crippen molar-refractivity contribution in [3.8, 4) is 0 Å². The summed E-state index contributed by atoms with van der Waals surface area (Å²) in [6, 6.07) is 6.18. The van der Waals surface area contributed by atoms with Gasteiger partial charge in [0.2, 0.25) is 5.95 Å². The number of anilines is 2. The summed E-state index contributed by atoms with van der Waals surface area (Å²) in [5, 5.41) is 3.28. The maximum Gasteiger partial charge on any atom is 0.223 e. The number of hydrogen-bond acceptors (Lipinski definition) is 5. The molecule has 1 N–H and O–H groups in total. The van der Waals surface area contributed by atoms with E-state index in [-0.39, 0.29) is 0 Å². The van der Waals surface area contributed by atoms with Crippen LogP contribution in [0.5, 0.6) is 0 Å². The van der Waals surface area contributed by atoms with Gasteiger partial charge in [-0.15, -0.1) is 0 Å². The second kappa shape index (κ2) is 6.08. The zero-order valence-electron chi connectivity index (χ0n) is 12.6. The van der Waals surface area contributed by atoms with Crippen LogP contribution in [-0.4, -0.2) is 28.0 Å². The smallest absolute Gasteiger partial charge is 0.223 e. The number of aromatic nitrogens is 3. The molecule has 0 bridgehead atoms. The summed E-state index contributed by atoms with van der Waals surface area (Å²) in [6.07, 6.45) is 4.30. The normalized spacial score (nSPS) is 14.5. The molecule has 2 aromatic rings. The summed E-state index contributed by atoms with van der Waals surface area (Å²) < 4.78 is 0.